The maximum absolute atomic E-state index is 12.2. The summed E-state index contributed by atoms with van der Waals surface area (Å²) in [7, 11) is 0. The van der Waals surface area contributed by atoms with Crippen LogP contribution >= 0.6 is 22.9 Å². The number of carbonyl (C=O) groups is 1. The van der Waals surface area contributed by atoms with Gasteiger partial charge in [-0.15, -0.1) is 11.3 Å². The standard InChI is InChI=1S/C11H6ClN3OS/c12-11-14-8(10-15(11)4-5-17-10)9(16)7-2-1-3-13-6-7/h1-6H. The lowest BCUT2D eigenvalue weighted by Crippen LogP contribution is -2.02. The zero-order valence-electron chi connectivity index (χ0n) is 8.50. The molecule has 0 fully saturated rings. The first-order chi connectivity index (χ1) is 8.27. The predicted molar refractivity (Wildman–Crippen MR) is 65.7 cm³/mol. The molecule has 0 amide bonds. The molecule has 0 aliphatic heterocycles. The Balaban J connectivity index is 2.16. The highest BCUT2D eigenvalue weighted by molar-refractivity contribution is 7.16. The smallest absolute Gasteiger partial charge is 0.216 e. The van der Waals surface area contributed by atoms with Crippen molar-refractivity contribution < 1.29 is 4.79 Å². The number of imidazole rings is 1. The average Bonchev–Trinajstić information content (AvgIpc) is 2.94. The molecule has 3 heterocycles. The molecule has 0 saturated heterocycles. The summed E-state index contributed by atoms with van der Waals surface area (Å²) >= 11 is 7.37. The molecule has 3 aromatic heterocycles. The van der Waals surface area contributed by atoms with E-state index >= 15 is 0 Å². The van der Waals surface area contributed by atoms with Crippen molar-refractivity contribution >= 4 is 33.6 Å². The van der Waals surface area contributed by atoms with E-state index in [-0.39, 0.29) is 5.78 Å². The van der Waals surface area contributed by atoms with E-state index in [0.717, 1.165) is 4.83 Å². The van der Waals surface area contributed by atoms with Crippen LogP contribution in [0.4, 0.5) is 0 Å². The van der Waals surface area contributed by atoms with E-state index in [2.05, 4.69) is 9.97 Å². The number of fused-ring (bicyclic) bond motifs is 1. The molecule has 17 heavy (non-hydrogen) atoms. The van der Waals surface area contributed by atoms with Gasteiger partial charge in [0.15, 0.2) is 0 Å². The quantitative estimate of drug-likeness (QED) is 0.668. The number of aromatic nitrogens is 3. The second kappa shape index (κ2) is 3.94. The molecule has 0 radical (unpaired) electrons. The van der Waals surface area contributed by atoms with E-state index in [9.17, 15) is 4.79 Å². The number of carbonyl (C=O) groups excluding carboxylic acids is 1. The van der Waals surface area contributed by atoms with Crippen molar-refractivity contribution in [3.05, 3.63) is 52.6 Å². The monoisotopic (exact) mass is 263 g/mol. The van der Waals surface area contributed by atoms with Gasteiger partial charge >= 0.3 is 0 Å². The van der Waals surface area contributed by atoms with Crippen molar-refractivity contribution in [2.75, 3.05) is 0 Å². The summed E-state index contributed by atoms with van der Waals surface area (Å²) in [6, 6.07) is 3.43. The van der Waals surface area contributed by atoms with Crippen LogP contribution in [0.2, 0.25) is 5.28 Å². The molecule has 0 aliphatic carbocycles. The van der Waals surface area contributed by atoms with Crippen LogP contribution in [-0.2, 0) is 0 Å². The number of nitrogens with zero attached hydrogens (tertiary/aromatic N) is 3. The Kier molecular flexibility index (Phi) is 2.42. The molecule has 0 aliphatic rings. The van der Waals surface area contributed by atoms with Crippen LogP contribution in [0.1, 0.15) is 16.1 Å². The fourth-order valence-corrected chi connectivity index (χ4v) is 2.67. The minimum atomic E-state index is -0.162. The number of thiazole rings is 1. The third-order valence-corrected chi connectivity index (χ3v) is 3.49. The Morgan fingerprint density at radius 3 is 3.12 bits per heavy atom. The molecule has 0 saturated carbocycles. The molecule has 0 spiro atoms. The van der Waals surface area contributed by atoms with Crippen LogP contribution in [0, 0.1) is 0 Å². The molecule has 3 aromatic rings. The number of ketones is 1. The summed E-state index contributed by atoms with van der Waals surface area (Å²) in [5.74, 6) is -0.162. The molecule has 0 N–H and O–H groups in total. The van der Waals surface area contributed by atoms with Crippen LogP contribution in [0.3, 0.4) is 0 Å². The van der Waals surface area contributed by atoms with E-state index in [4.69, 9.17) is 11.6 Å². The van der Waals surface area contributed by atoms with Gasteiger partial charge in [-0.1, -0.05) is 0 Å². The zero-order valence-corrected chi connectivity index (χ0v) is 10.1. The minimum Gasteiger partial charge on any atom is -0.287 e. The summed E-state index contributed by atoms with van der Waals surface area (Å²) in [5.41, 5.74) is 0.885. The van der Waals surface area contributed by atoms with E-state index < -0.39 is 0 Å². The maximum Gasteiger partial charge on any atom is 0.216 e. The van der Waals surface area contributed by atoms with Crippen LogP contribution in [0.15, 0.2) is 36.1 Å². The summed E-state index contributed by atoms with van der Waals surface area (Å²) in [6.45, 7) is 0. The first-order valence-electron chi connectivity index (χ1n) is 4.83. The lowest BCUT2D eigenvalue weighted by atomic mass is 10.1. The van der Waals surface area contributed by atoms with Gasteiger partial charge in [0.1, 0.15) is 10.5 Å². The highest BCUT2D eigenvalue weighted by Crippen LogP contribution is 2.23. The molecule has 3 rings (SSSR count). The molecule has 4 nitrogen and oxygen atoms in total. The summed E-state index contributed by atoms with van der Waals surface area (Å²) < 4.78 is 1.69. The Hall–Kier alpha value is -1.72. The number of rotatable bonds is 2. The van der Waals surface area contributed by atoms with Crippen LogP contribution in [0.25, 0.3) is 4.83 Å². The van der Waals surface area contributed by atoms with Crippen molar-refractivity contribution in [1.29, 1.82) is 0 Å². The van der Waals surface area contributed by atoms with Gasteiger partial charge < -0.3 is 0 Å². The van der Waals surface area contributed by atoms with Crippen molar-refractivity contribution in [2.45, 2.75) is 0 Å². The number of hydrogen-bond acceptors (Lipinski definition) is 4. The lowest BCUT2D eigenvalue weighted by molar-refractivity contribution is 0.103. The van der Waals surface area contributed by atoms with E-state index in [1.54, 1.807) is 28.9 Å². The van der Waals surface area contributed by atoms with Gasteiger partial charge in [-0.2, -0.15) is 0 Å². The molecule has 0 aromatic carbocycles. The topological polar surface area (TPSA) is 47.3 Å². The van der Waals surface area contributed by atoms with Crippen LogP contribution in [0.5, 0.6) is 0 Å². The minimum absolute atomic E-state index is 0.162. The number of pyridine rings is 1. The fourth-order valence-electron chi connectivity index (χ4n) is 1.57. The van der Waals surface area contributed by atoms with Gasteiger partial charge in [0.25, 0.3) is 0 Å². The third-order valence-electron chi connectivity index (χ3n) is 2.35. The Morgan fingerprint density at radius 1 is 1.47 bits per heavy atom. The first kappa shape index (κ1) is 10.4. The highest BCUT2D eigenvalue weighted by atomic mass is 35.5. The van der Waals surface area contributed by atoms with E-state index in [0.29, 0.717) is 16.5 Å². The Bertz CT molecular complexity index is 689. The number of hydrogen-bond donors (Lipinski definition) is 0. The summed E-state index contributed by atoms with van der Waals surface area (Å²) in [4.78, 5) is 21.0. The molecule has 84 valence electrons. The second-order valence-corrected chi connectivity index (χ2v) is 4.61. The Morgan fingerprint density at radius 2 is 2.35 bits per heavy atom. The number of halogens is 1. The van der Waals surface area contributed by atoms with Gasteiger partial charge in [-0.3, -0.25) is 14.2 Å². The average molecular weight is 264 g/mol. The van der Waals surface area contributed by atoms with Gasteiger partial charge in [0.2, 0.25) is 11.1 Å². The maximum atomic E-state index is 12.2. The van der Waals surface area contributed by atoms with Gasteiger partial charge in [-0.05, 0) is 23.7 Å². The van der Waals surface area contributed by atoms with Crippen molar-refractivity contribution in [1.82, 2.24) is 14.4 Å². The van der Waals surface area contributed by atoms with Crippen LogP contribution in [-0.4, -0.2) is 20.2 Å². The van der Waals surface area contributed by atoms with Crippen molar-refractivity contribution in [3.8, 4) is 0 Å². The second-order valence-electron chi connectivity index (χ2n) is 3.38. The predicted octanol–water partition coefficient (Wildman–Crippen LogP) is 2.68. The molecule has 0 atom stereocenters. The highest BCUT2D eigenvalue weighted by Gasteiger charge is 2.19. The van der Waals surface area contributed by atoms with Crippen molar-refractivity contribution in [2.24, 2.45) is 0 Å². The van der Waals surface area contributed by atoms with Crippen molar-refractivity contribution in [3.63, 3.8) is 0 Å². The van der Waals surface area contributed by atoms with E-state index in [1.807, 2.05) is 5.38 Å². The SMILES string of the molecule is O=C(c1cccnc1)c1nc(Cl)n2ccsc12. The zero-order chi connectivity index (χ0) is 11.8. The van der Waals surface area contributed by atoms with Gasteiger partial charge in [0.05, 0.1) is 0 Å². The van der Waals surface area contributed by atoms with Gasteiger partial charge in [-0.25, -0.2) is 4.98 Å². The largest absolute Gasteiger partial charge is 0.287 e. The van der Waals surface area contributed by atoms with E-state index in [1.165, 1.54) is 17.5 Å². The summed E-state index contributed by atoms with van der Waals surface area (Å²) in [5, 5.41) is 2.16. The third kappa shape index (κ3) is 1.64. The molecular formula is C11H6ClN3OS. The lowest BCUT2D eigenvalue weighted by Gasteiger charge is -1.95. The Labute approximate surface area is 106 Å². The first-order valence-corrected chi connectivity index (χ1v) is 6.09. The molecule has 6 heteroatoms. The molecule has 0 unspecified atom stereocenters. The van der Waals surface area contributed by atoms with Gasteiger partial charge in [0, 0.05) is 29.5 Å². The fraction of sp³-hybridized carbons (Fsp3) is 0. The van der Waals surface area contributed by atoms with Crippen LogP contribution < -0.4 is 0 Å². The molecular weight excluding hydrogens is 258 g/mol. The summed E-state index contributed by atoms with van der Waals surface area (Å²) in [6.07, 6.45) is 4.93. The normalized spacial score (nSPS) is 10.9. The molecule has 0 bridgehead atoms.